The Morgan fingerprint density at radius 2 is 2.09 bits per heavy atom. The quantitative estimate of drug-likeness (QED) is 0.683. The molecule has 2 aromatic heterocycles. The molecule has 1 aliphatic rings. The number of hydrogen-bond acceptors (Lipinski definition) is 5. The summed E-state index contributed by atoms with van der Waals surface area (Å²) in [6, 6.07) is 11.4. The van der Waals surface area contributed by atoms with Crippen LogP contribution in [0.5, 0.6) is 0 Å². The van der Waals surface area contributed by atoms with Crippen LogP contribution in [0.25, 0.3) is 10.7 Å². The van der Waals surface area contributed by atoms with Crippen molar-refractivity contribution in [3.63, 3.8) is 0 Å². The number of nitrogens with zero attached hydrogens (tertiary/aromatic N) is 3. The largest absolute Gasteiger partial charge is 0.339 e. The number of likely N-dealkylation sites (tertiary alicyclic amines) is 1. The highest BCUT2D eigenvalue weighted by molar-refractivity contribution is 9.10. The lowest BCUT2D eigenvalue weighted by Gasteiger charge is -2.37. The van der Waals surface area contributed by atoms with Gasteiger partial charge in [0.25, 0.3) is 5.91 Å². The summed E-state index contributed by atoms with van der Waals surface area (Å²) in [4.78, 5) is 19.7. The molecule has 7 heteroatoms. The first kappa shape index (κ1) is 14.6. The van der Waals surface area contributed by atoms with Crippen LogP contribution >= 0.6 is 27.3 Å². The Morgan fingerprint density at radius 3 is 2.83 bits per heavy atom. The summed E-state index contributed by atoms with van der Waals surface area (Å²) in [6.45, 7) is 1.21. The Hall–Kier alpha value is -1.99. The van der Waals surface area contributed by atoms with E-state index in [-0.39, 0.29) is 11.8 Å². The van der Waals surface area contributed by atoms with E-state index in [0.29, 0.717) is 30.4 Å². The molecule has 23 heavy (non-hydrogen) atoms. The number of rotatable bonds is 3. The second-order valence-corrected chi connectivity index (χ2v) is 7.12. The Morgan fingerprint density at radius 1 is 1.26 bits per heavy atom. The highest BCUT2D eigenvalue weighted by Gasteiger charge is 2.36. The van der Waals surface area contributed by atoms with Crippen molar-refractivity contribution in [2.24, 2.45) is 0 Å². The van der Waals surface area contributed by atoms with Crippen LogP contribution in [0.2, 0.25) is 0 Å². The summed E-state index contributed by atoms with van der Waals surface area (Å²) in [5.74, 6) is 1.35. The van der Waals surface area contributed by atoms with Crippen molar-refractivity contribution in [2.45, 2.75) is 5.92 Å². The van der Waals surface area contributed by atoms with E-state index in [2.05, 4.69) is 26.1 Å². The van der Waals surface area contributed by atoms with Gasteiger partial charge in [0.2, 0.25) is 11.7 Å². The van der Waals surface area contributed by atoms with Crippen LogP contribution in [0.4, 0.5) is 0 Å². The lowest BCUT2D eigenvalue weighted by Crippen LogP contribution is -2.48. The molecule has 3 heterocycles. The molecule has 116 valence electrons. The zero-order chi connectivity index (χ0) is 15.8. The van der Waals surface area contributed by atoms with Crippen LogP contribution in [0.1, 0.15) is 22.2 Å². The molecule has 0 aliphatic carbocycles. The van der Waals surface area contributed by atoms with Crippen LogP contribution in [0.15, 0.2) is 50.8 Å². The molecule has 0 bridgehead atoms. The molecule has 1 aromatic carbocycles. The molecule has 4 rings (SSSR count). The molecular formula is C16H12BrN3O2S. The van der Waals surface area contributed by atoms with Gasteiger partial charge in [-0.1, -0.05) is 23.4 Å². The van der Waals surface area contributed by atoms with Crippen LogP contribution in [-0.4, -0.2) is 34.0 Å². The summed E-state index contributed by atoms with van der Waals surface area (Å²) < 4.78 is 6.16. The topological polar surface area (TPSA) is 59.2 Å². The fourth-order valence-electron chi connectivity index (χ4n) is 2.51. The lowest BCUT2D eigenvalue weighted by molar-refractivity contribution is 0.0568. The number of thiophene rings is 1. The number of benzene rings is 1. The van der Waals surface area contributed by atoms with Gasteiger partial charge in [0.05, 0.1) is 16.4 Å². The summed E-state index contributed by atoms with van der Waals surface area (Å²) in [5, 5.41) is 6.00. The maximum Gasteiger partial charge on any atom is 0.255 e. The monoisotopic (exact) mass is 389 g/mol. The zero-order valence-corrected chi connectivity index (χ0v) is 14.4. The minimum atomic E-state index is 0.0201. The molecule has 0 unspecified atom stereocenters. The second kappa shape index (κ2) is 5.90. The molecular weight excluding hydrogens is 378 g/mol. The molecule has 0 N–H and O–H groups in total. The summed E-state index contributed by atoms with van der Waals surface area (Å²) in [6.07, 6.45) is 0. The SMILES string of the molecule is O=C(c1ccccc1Br)N1CC(c2nc(-c3cccs3)no2)C1. The molecule has 1 saturated heterocycles. The highest BCUT2D eigenvalue weighted by atomic mass is 79.9. The third-order valence-corrected chi connectivity index (χ3v) is 5.36. The number of carbonyl (C=O) groups excluding carboxylic acids is 1. The standard InChI is InChI=1S/C16H12BrN3O2S/c17-12-5-2-1-4-11(12)16(21)20-8-10(9-20)15-18-14(19-22-15)13-6-3-7-23-13/h1-7,10H,8-9H2. The Labute approximate surface area is 145 Å². The molecule has 1 aliphatic heterocycles. The lowest BCUT2D eigenvalue weighted by atomic mass is 9.99. The number of hydrogen-bond donors (Lipinski definition) is 0. The fraction of sp³-hybridized carbons (Fsp3) is 0.188. The molecule has 3 aromatic rings. The van der Waals surface area contributed by atoms with E-state index in [4.69, 9.17) is 4.52 Å². The third kappa shape index (κ3) is 2.70. The van der Waals surface area contributed by atoms with Gasteiger partial charge in [-0.3, -0.25) is 4.79 Å². The van der Waals surface area contributed by atoms with E-state index in [1.54, 1.807) is 16.2 Å². The summed E-state index contributed by atoms with van der Waals surface area (Å²) in [7, 11) is 0. The van der Waals surface area contributed by atoms with E-state index in [1.165, 1.54) is 0 Å². The van der Waals surface area contributed by atoms with Crippen molar-refractivity contribution in [3.8, 4) is 10.7 Å². The molecule has 0 spiro atoms. The minimum absolute atomic E-state index is 0.0201. The van der Waals surface area contributed by atoms with E-state index in [9.17, 15) is 4.79 Å². The average Bonchev–Trinajstić information content (AvgIpc) is 3.17. The van der Waals surface area contributed by atoms with Gasteiger partial charge in [-0.25, -0.2) is 0 Å². The molecule has 5 nitrogen and oxygen atoms in total. The van der Waals surface area contributed by atoms with Gasteiger partial charge in [-0.05, 0) is 39.5 Å². The molecule has 1 fully saturated rings. The predicted molar refractivity (Wildman–Crippen MR) is 90.4 cm³/mol. The Bertz CT molecular complexity index is 841. The Balaban J connectivity index is 1.44. The van der Waals surface area contributed by atoms with Crippen molar-refractivity contribution in [3.05, 3.63) is 57.7 Å². The maximum atomic E-state index is 12.4. The van der Waals surface area contributed by atoms with Crippen LogP contribution in [-0.2, 0) is 0 Å². The first-order valence-corrected chi connectivity index (χ1v) is 8.81. The van der Waals surface area contributed by atoms with E-state index in [1.807, 2.05) is 41.8 Å². The van der Waals surface area contributed by atoms with E-state index >= 15 is 0 Å². The van der Waals surface area contributed by atoms with Crippen molar-refractivity contribution >= 4 is 33.2 Å². The summed E-state index contributed by atoms with van der Waals surface area (Å²) >= 11 is 4.99. The van der Waals surface area contributed by atoms with Crippen molar-refractivity contribution in [1.82, 2.24) is 15.0 Å². The van der Waals surface area contributed by atoms with Crippen LogP contribution < -0.4 is 0 Å². The highest BCUT2D eigenvalue weighted by Crippen LogP contribution is 2.30. The summed E-state index contributed by atoms with van der Waals surface area (Å²) in [5.41, 5.74) is 0.677. The first-order valence-electron chi connectivity index (χ1n) is 7.13. The number of halogens is 1. The normalized spacial score (nSPS) is 14.7. The number of carbonyl (C=O) groups is 1. The van der Waals surface area contributed by atoms with Gasteiger partial charge in [0.1, 0.15) is 0 Å². The second-order valence-electron chi connectivity index (χ2n) is 5.32. The average molecular weight is 390 g/mol. The zero-order valence-electron chi connectivity index (χ0n) is 12.0. The fourth-order valence-corrected chi connectivity index (χ4v) is 3.62. The molecule has 0 atom stereocenters. The van der Waals surface area contributed by atoms with Gasteiger partial charge in [0.15, 0.2) is 0 Å². The van der Waals surface area contributed by atoms with Crippen molar-refractivity contribution in [1.29, 1.82) is 0 Å². The van der Waals surface area contributed by atoms with Gasteiger partial charge in [-0.15, -0.1) is 11.3 Å². The molecule has 1 amide bonds. The van der Waals surface area contributed by atoms with E-state index in [0.717, 1.165) is 9.35 Å². The van der Waals surface area contributed by atoms with Crippen LogP contribution in [0.3, 0.4) is 0 Å². The van der Waals surface area contributed by atoms with E-state index < -0.39 is 0 Å². The smallest absolute Gasteiger partial charge is 0.255 e. The molecule has 0 saturated carbocycles. The predicted octanol–water partition coefficient (Wildman–Crippen LogP) is 3.80. The van der Waals surface area contributed by atoms with Gasteiger partial charge >= 0.3 is 0 Å². The number of amides is 1. The van der Waals surface area contributed by atoms with Crippen molar-refractivity contribution < 1.29 is 9.32 Å². The molecule has 0 radical (unpaired) electrons. The number of aromatic nitrogens is 2. The van der Waals surface area contributed by atoms with Gasteiger partial charge in [-0.2, -0.15) is 4.98 Å². The van der Waals surface area contributed by atoms with Gasteiger partial charge in [0, 0.05) is 17.6 Å². The van der Waals surface area contributed by atoms with Gasteiger partial charge < -0.3 is 9.42 Å². The third-order valence-electron chi connectivity index (χ3n) is 3.81. The maximum absolute atomic E-state index is 12.4. The first-order chi connectivity index (χ1) is 11.2. The Kier molecular flexibility index (Phi) is 3.74. The minimum Gasteiger partial charge on any atom is -0.339 e. The van der Waals surface area contributed by atoms with Crippen molar-refractivity contribution in [2.75, 3.05) is 13.1 Å². The van der Waals surface area contributed by atoms with Crippen LogP contribution in [0, 0.1) is 0 Å².